The van der Waals surface area contributed by atoms with Gasteiger partial charge < -0.3 is 10.3 Å². The molecule has 0 fully saturated rings. The Kier molecular flexibility index (Phi) is 3.50. The number of hydrogen-bond donors (Lipinski definition) is 3. The third-order valence-corrected chi connectivity index (χ3v) is 3.30. The van der Waals surface area contributed by atoms with Gasteiger partial charge in [-0.1, -0.05) is 18.2 Å². The smallest absolute Gasteiger partial charge is 0.225 e. The number of H-pyrrole nitrogens is 2. The summed E-state index contributed by atoms with van der Waals surface area (Å²) < 4.78 is 0. The standard InChI is InChI=1S/C15H16N4O/c20-15(18-14-8-9-17-19-14)7-3-4-11-10-16-13-6-2-1-5-12(11)13/h1-2,5-6,8-10,16H,3-4,7H2,(H2,17,18,19,20). The quantitative estimate of drug-likeness (QED) is 0.665. The highest BCUT2D eigenvalue weighted by Gasteiger charge is 2.06. The maximum Gasteiger partial charge on any atom is 0.225 e. The van der Waals surface area contributed by atoms with Crippen LogP contribution in [-0.2, 0) is 11.2 Å². The van der Waals surface area contributed by atoms with E-state index in [0.717, 1.165) is 18.4 Å². The normalized spacial score (nSPS) is 10.8. The van der Waals surface area contributed by atoms with Crippen LogP contribution in [0, 0.1) is 0 Å². The average molecular weight is 268 g/mol. The summed E-state index contributed by atoms with van der Waals surface area (Å²) in [5.74, 6) is 0.649. The number of rotatable bonds is 5. The molecule has 1 amide bonds. The van der Waals surface area contributed by atoms with Crippen molar-refractivity contribution in [3.8, 4) is 0 Å². The molecule has 3 rings (SSSR count). The van der Waals surface area contributed by atoms with Gasteiger partial charge in [-0.25, -0.2) is 0 Å². The number of hydrogen-bond acceptors (Lipinski definition) is 2. The molecule has 5 heteroatoms. The van der Waals surface area contributed by atoms with Crippen molar-refractivity contribution >= 4 is 22.6 Å². The number of aryl methyl sites for hydroxylation is 1. The van der Waals surface area contributed by atoms with E-state index >= 15 is 0 Å². The molecule has 5 nitrogen and oxygen atoms in total. The van der Waals surface area contributed by atoms with Crippen LogP contribution in [-0.4, -0.2) is 21.1 Å². The van der Waals surface area contributed by atoms with E-state index in [9.17, 15) is 4.79 Å². The minimum Gasteiger partial charge on any atom is -0.361 e. The molecule has 0 aliphatic rings. The van der Waals surface area contributed by atoms with Gasteiger partial charge in [0.25, 0.3) is 0 Å². The Labute approximate surface area is 116 Å². The van der Waals surface area contributed by atoms with E-state index in [1.807, 2.05) is 18.3 Å². The second kappa shape index (κ2) is 5.61. The first-order valence-electron chi connectivity index (χ1n) is 6.67. The Balaban J connectivity index is 1.53. The van der Waals surface area contributed by atoms with E-state index in [1.54, 1.807) is 12.3 Å². The van der Waals surface area contributed by atoms with Gasteiger partial charge in [0, 0.05) is 29.6 Å². The molecule has 0 saturated carbocycles. The number of nitrogens with one attached hydrogen (secondary N) is 3. The number of fused-ring (bicyclic) bond motifs is 1. The molecule has 20 heavy (non-hydrogen) atoms. The second-order valence-corrected chi connectivity index (χ2v) is 4.73. The summed E-state index contributed by atoms with van der Waals surface area (Å²) in [6.07, 6.45) is 5.85. The maximum absolute atomic E-state index is 11.7. The van der Waals surface area contributed by atoms with Gasteiger partial charge in [-0.15, -0.1) is 0 Å². The molecule has 0 radical (unpaired) electrons. The number of amides is 1. The van der Waals surface area contributed by atoms with Crippen LogP contribution in [0.5, 0.6) is 0 Å². The molecule has 1 aromatic carbocycles. The minimum atomic E-state index is 0.00842. The lowest BCUT2D eigenvalue weighted by molar-refractivity contribution is -0.116. The molecule has 0 bridgehead atoms. The molecule has 2 aromatic heterocycles. The van der Waals surface area contributed by atoms with E-state index in [0.29, 0.717) is 12.2 Å². The van der Waals surface area contributed by atoms with Crippen molar-refractivity contribution in [2.75, 3.05) is 5.32 Å². The number of carbonyl (C=O) groups excluding carboxylic acids is 1. The summed E-state index contributed by atoms with van der Waals surface area (Å²) in [5, 5.41) is 10.5. The predicted octanol–water partition coefficient (Wildman–Crippen LogP) is 2.85. The molecule has 0 atom stereocenters. The zero-order valence-electron chi connectivity index (χ0n) is 11.0. The number of anilines is 1. The molecular weight excluding hydrogens is 252 g/mol. The lowest BCUT2D eigenvalue weighted by Crippen LogP contribution is -2.11. The topological polar surface area (TPSA) is 73.6 Å². The van der Waals surface area contributed by atoms with Crippen LogP contribution in [0.1, 0.15) is 18.4 Å². The minimum absolute atomic E-state index is 0.00842. The fourth-order valence-electron chi connectivity index (χ4n) is 2.32. The summed E-state index contributed by atoms with van der Waals surface area (Å²) in [4.78, 5) is 15.0. The van der Waals surface area contributed by atoms with Crippen molar-refractivity contribution in [1.82, 2.24) is 15.2 Å². The SMILES string of the molecule is O=C(CCCc1c[nH]c2ccccc12)Nc1ccn[nH]1. The molecule has 0 aliphatic heterocycles. The Morgan fingerprint density at radius 1 is 1.25 bits per heavy atom. The van der Waals surface area contributed by atoms with Crippen LogP contribution in [0.25, 0.3) is 10.9 Å². The number of aromatic nitrogens is 3. The Hall–Kier alpha value is -2.56. The highest BCUT2D eigenvalue weighted by molar-refractivity contribution is 5.89. The molecule has 3 N–H and O–H groups in total. The van der Waals surface area contributed by atoms with Crippen LogP contribution in [0.2, 0.25) is 0 Å². The molecule has 0 aliphatic carbocycles. The van der Waals surface area contributed by atoms with Gasteiger partial charge in [0.2, 0.25) is 5.91 Å². The Morgan fingerprint density at radius 3 is 3.00 bits per heavy atom. The maximum atomic E-state index is 11.7. The Morgan fingerprint density at radius 2 is 2.15 bits per heavy atom. The number of carbonyl (C=O) groups is 1. The van der Waals surface area contributed by atoms with Crippen molar-refractivity contribution in [1.29, 1.82) is 0 Å². The predicted molar refractivity (Wildman–Crippen MR) is 78.5 cm³/mol. The zero-order chi connectivity index (χ0) is 13.8. The van der Waals surface area contributed by atoms with Crippen molar-refractivity contribution in [3.63, 3.8) is 0 Å². The zero-order valence-corrected chi connectivity index (χ0v) is 11.0. The first-order valence-corrected chi connectivity index (χ1v) is 6.67. The first kappa shape index (κ1) is 12.5. The van der Waals surface area contributed by atoms with Gasteiger partial charge in [0.1, 0.15) is 5.82 Å². The fourth-order valence-corrected chi connectivity index (χ4v) is 2.32. The second-order valence-electron chi connectivity index (χ2n) is 4.73. The number of para-hydroxylation sites is 1. The Bertz CT molecular complexity index is 700. The van der Waals surface area contributed by atoms with Gasteiger partial charge >= 0.3 is 0 Å². The largest absolute Gasteiger partial charge is 0.361 e. The van der Waals surface area contributed by atoms with Crippen LogP contribution in [0.15, 0.2) is 42.7 Å². The molecule has 0 saturated heterocycles. The molecule has 0 unspecified atom stereocenters. The summed E-state index contributed by atoms with van der Waals surface area (Å²) in [7, 11) is 0. The molecule has 0 spiro atoms. The van der Waals surface area contributed by atoms with Gasteiger partial charge in [0.15, 0.2) is 0 Å². The van der Waals surface area contributed by atoms with Gasteiger partial charge in [-0.05, 0) is 24.5 Å². The van der Waals surface area contributed by atoms with Gasteiger partial charge in [0.05, 0.1) is 6.20 Å². The summed E-state index contributed by atoms with van der Waals surface area (Å²) in [6, 6.07) is 9.94. The third kappa shape index (κ3) is 2.71. The number of nitrogens with zero attached hydrogens (tertiary/aromatic N) is 1. The summed E-state index contributed by atoms with van der Waals surface area (Å²) in [6.45, 7) is 0. The number of aromatic amines is 2. The van der Waals surface area contributed by atoms with Crippen molar-refractivity contribution in [2.24, 2.45) is 0 Å². The molecule has 102 valence electrons. The average Bonchev–Trinajstić information content (AvgIpc) is 3.09. The van der Waals surface area contributed by atoms with E-state index in [1.165, 1.54) is 10.9 Å². The molecule has 3 aromatic rings. The lowest BCUT2D eigenvalue weighted by atomic mass is 10.1. The van der Waals surface area contributed by atoms with Crippen LogP contribution in [0.3, 0.4) is 0 Å². The highest BCUT2D eigenvalue weighted by Crippen LogP contribution is 2.19. The molecule has 2 heterocycles. The van der Waals surface area contributed by atoms with Crippen LogP contribution >= 0.6 is 0 Å². The molecular formula is C15H16N4O. The van der Waals surface area contributed by atoms with Gasteiger partial charge in [-0.3, -0.25) is 9.89 Å². The first-order chi connectivity index (χ1) is 9.83. The third-order valence-electron chi connectivity index (χ3n) is 3.30. The lowest BCUT2D eigenvalue weighted by Gasteiger charge is -2.02. The fraction of sp³-hybridized carbons (Fsp3) is 0.200. The van der Waals surface area contributed by atoms with Crippen LogP contribution in [0.4, 0.5) is 5.82 Å². The van der Waals surface area contributed by atoms with E-state index in [2.05, 4.69) is 32.6 Å². The van der Waals surface area contributed by atoms with Crippen molar-refractivity contribution in [2.45, 2.75) is 19.3 Å². The summed E-state index contributed by atoms with van der Waals surface area (Å²) in [5.41, 5.74) is 2.40. The monoisotopic (exact) mass is 268 g/mol. The van der Waals surface area contributed by atoms with Crippen LogP contribution < -0.4 is 5.32 Å². The van der Waals surface area contributed by atoms with Crippen molar-refractivity contribution < 1.29 is 4.79 Å². The van der Waals surface area contributed by atoms with Crippen molar-refractivity contribution in [3.05, 3.63) is 48.3 Å². The highest BCUT2D eigenvalue weighted by atomic mass is 16.1. The summed E-state index contributed by atoms with van der Waals surface area (Å²) >= 11 is 0. The van der Waals surface area contributed by atoms with Gasteiger partial charge in [-0.2, -0.15) is 5.10 Å². The van der Waals surface area contributed by atoms with E-state index in [-0.39, 0.29) is 5.91 Å². The van der Waals surface area contributed by atoms with E-state index < -0.39 is 0 Å². The van der Waals surface area contributed by atoms with E-state index in [4.69, 9.17) is 0 Å². The number of benzene rings is 1.